The summed E-state index contributed by atoms with van der Waals surface area (Å²) in [5.74, 6) is -0.392. The van der Waals surface area contributed by atoms with E-state index >= 15 is 0 Å². The van der Waals surface area contributed by atoms with Gasteiger partial charge in [0, 0.05) is 18.7 Å². The van der Waals surface area contributed by atoms with Crippen LogP contribution in [0.3, 0.4) is 0 Å². The van der Waals surface area contributed by atoms with Crippen molar-refractivity contribution < 1.29 is 31.9 Å². The van der Waals surface area contributed by atoms with Crippen molar-refractivity contribution in [3.8, 4) is 11.5 Å². The molecule has 0 fully saturated rings. The maximum absolute atomic E-state index is 13.2. The quantitative estimate of drug-likeness (QED) is 0.491. The van der Waals surface area contributed by atoms with Gasteiger partial charge in [-0.25, -0.2) is 12.8 Å². The number of hydrogen-bond donors (Lipinski definition) is 2. The fourth-order valence-corrected chi connectivity index (χ4v) is 4.58. The number of para-hydroxylation sites is 2. The summed E-state index contributed by atoms with van der Waals surface area (Å²) in [4.78, 5) is 26.2. The molecular formula is C24H22FN3O6S. The lowest BCUT2D eigenvalue weighted by molar-refractivity contribution is -0.121. The number of benzene rings is 3. The summed E-state index contributed by atoms with van der Waals surface area (Å²) >= 11 is 0. The third-order valence-corrected chi connectivity index (χ3v) is 6.60. The van der Waals surface area contributed by atoms with E-state index in [0.717, 1.165) is 24.3 Å². The lowest BCUT2D eigenvalue weighted by Gasteiger charge is -2.29. The molecule has 9 nitrogen and oxygen atoms in total. The van der Waals surface area contributed by atoms with E-state index in [2.05, 4.69) is 10.0 Å². The summed E-state index contributed by atoms with van der Waals surface area (Å²) in [6, 6.07) is 15.9. The molecule has 0 aliphatic carbocycles. The highest BCUT2D eigenvalue weighted by molar-refractivity contribution is 7.92. The number of carbonyl (C=O) groups excluding carboxylic acids is 2. The molecular weight excluding hydrogens is 477 g/mol. The van der Waals surface area contributed by atoms with Gasteiger partial charge in [0.1, 0.15) is 17.3 Å². The third-order valence-electron chi connectivity index (χ3n) is 5.22. The second kappa shape index (κ2) is 10.0. The van der Waals surface area contributed by atoms with Crippen molar-refractivity contribution in [2.75, 3.05) is 35.2 Å². The Kier molecular flexibility index (Phi) is 6.87. The molecule has 0 bridgehead atoms. The number of anilines is 3. The van der Waals surface area contributed by atoms with Gasteiger partial charge in [0.2, 0.25) is 5.91 Å². The SMILES string of the molecule is COc1ccc(NC(=O)CCN2C(=O)COc3ccccc32)cc1NS(=O)(=O)c1ccc(F)cc1. The number of carbonyl (C=O) groups is 2. The maximum atomic E-state index is 13.2. The summed E-state index contributed by atoms with van der Waals surface area (Å²) in [6.45, 7) is 0.0416. The Morgan fingerprint density at radius 1 is 1.11 bits per heavy atom. The second-order valence-corrected chi connectivity index (χ2v) is 9.26. The molecule has 182 valence electrons. The first-order valence-electron chi connectivity index (χ1n) is 10.6. The first-order valence-corrected chi connectivity index (χ1v) is 12.0. The average Bonchev–Trinajstić information content (AvgIpc) is 2.83. The number of amides is 2. The van der Waals surface area contributed by atoms with E-state index in [1.165, 1.54) is 24.1 Å². The molecule has 1 heterocycles. The van der Waals surface area contributed by atoms with Gasteiger partial charge in [0.25, 0.3) is 15.9 Å². The first-order chi connectivity index (χ1) is 16.8. The van der Waals surface area contributed by atoms with Crippen molar-refractivity contribution in [2.24, 2.45) is 0 Å². The molecule has 3 aromatic carbocycles. The zero-order valence-electron chi connectivity index (χ0n) is 18.7. The normalized spacial score (nSPS) is 13.0. The summed E-state index contributed by atoms with van der Waals surface area (Å²) < 4.78 is 51.6. The molecule has 4 rings (SSSR count). The number of nitrogens with one attached hydrogen (secondary N) is 2. The number of sulfonamides is 1. The Bertz CT molecular complexity index is 1360. The van der Waals surface area contributed by atoms with Crippen LogP contribution in [0.2, 0.25) is 0 Å². The van der Waals surface area contributed by atoms with Crippen molar-refractivity contribution in [3.05, 3.63) is 72.5 Å². The highest BCUT2D eigenvalue weighted by Gasteiger charge is 2.25. The van der Waals surface area contributed by atoms with Crippen LogP contribution in [0, 0.1) is 5.82 Å². The summed E-state index contributed by atoms with van der Waals surface area (Å²) in [5, 5.41) is 2.70. The minimum atomic E-state index is -4.03. The molecule has 3 aromatic rings. The van der Waals surface area contributed by atoms with E-state index in [9.17, 15) is 22.4 Å². The molecule has 11 heteroatoms. The zero-order chi connectivity index (χ0) is 25.0. The molecule has 0 unspecified atom stereocenters. The van der Waals surface area contributed by atoms with Crippen LogP contribution in [-0.4, -0.2) is 40.5 Å². The molecule has 0 radical (unpaired) electrons. The fourth-order valence-electron chi connectivity index (χ4n) is 3.52. The Morgan fingerprint density at radius 2 is 1.86 bits per heavy atom. The van der Waals surface area contributed by atoms with Gasteiger partial charge < -0.3 is 19.7 Å². The minimum Gasteiger partial charge on any atom is -0.495 e. The predicted molar refractivity (Wildman–Crippen MR) is 128 cm³/mol. The standard InChI is InChI=1S/C24H22FN3O6S/c1-33-21-11-8-17(14-19(21)27-35(31,32)18-9-6-16(25)7-10-18)26-23(29)12-13-28-20-4-2-3-5-22(20)34-15-24(28)30/h2-11,14,27H,12-13,15H2,1H3,(H,26,29). The van der Waals surface area contributed by atoms with Crippen LogP contribution in [0.15, 0.2) is 71.6 Å². The van der Waals surface area contributed by atoms with Gasteiger partial charge >= 0.3 is 0 Å². The van der Waals surface area contributed by atoms with Crippen LogP contribution >= 0.6 is 0 Å². The van der Waals surface area contributed by atoms with E-state index in [4.69, 9.17) is 9.47 Å². The molecule has 0 saturated carbocycles. The van der Waals surface area contributed by atoms with Gasteiger partial charge in [-0.2, -0.15) is 0 Å². The molecule has 0 aromatic heterocycles. The van der Waals surface area contributed by atoms with Crippen molar-refractivity contribution in [2.45, 2.75) is 11.3 Å². The van der Waals surface area contributed by atoms with E-state index in [-0.39, 0.29) is 47.7 Å². The summed E-state index contributed by atoms with van der Waals surface area (Å²) in [5.41, 5.74) is 1.01. The lowest BCUT2D eigenvalue weighted by Crippen LogP contribution is -2.40. The second-order valence-electron chi connectivity index (χ2n) is 7.57. The van der Waals surface area contributed by atoms with Crippen molar-refractivity contribution in [1.29, 1.82) is 0 Å². The number of nitrogens with zero attached hydrogens (tertiary/aromatic N) is 1. The number of rotatable bonds is 8. The predicted octanol–water partition coefficient (Wildman–Crippen LogP) is 3.39. The molecule has 1 aliphatic heterocycles. The van der Waals surface area contributed by atoms with E-state index in [1.54, 1.807) is 30.3 Å². The Labute approximate surface area is 201 Å². The van der Waals surface area contributed by atoms with Crippen LogP contribution in [-0.2, 0) is 19.6 Å². The Hall–Kier alpha value is -4.12. The van der Waals surface area contributed by atoms with Crippen molar-refractivity contribution >= 4 is 38.9 Å². The summed E-state index contributed by atoms with van der Waals surface area (Å²) in [6.07, 6.45) is 0.00272. The van der Waals surface area contributed by atoms with Gasteiger partial charge in [-0.1, -0.05) is 12.1 Å². The van der Waals surface area contributed by atoms with E-state index < -0.39 is 15.8 Å². The number of ether oxygens (including phenoxy) is 2. The molecule has 0 atom stereocenters. The van der Waals surface area contributed by atoms with Crippen molar-refractivity contribution in [3.63, 3.8) is 0 Å². The number of fused-ring (bicyclic) bond motifs is 1. The summed E-state index contributed by atoms with van der Waals surface area (Å²) in [7, 11) is -2.66. The van der Waals surface area contributed by atoms with Gasteiger partial charge in [0.05, 0.1) is 23.4 Å². The van der Waals surface area contributed by atoms with Crippen LogP contribution in [0.4, 0.5) is 21.5 Å². The van der Waals surface area contributed by atoms with Gasteiger partial charge in [-0.05, 0) is 54.6 Å². The largest absolute Gasteiger partial charge is 0.495 e. The average molecular weight is 500 g/mol. The van der Waals surface area contributed by atoms with E-state index in [0.29, 0.717) is 17.1 Å². The smallest absolute Gasteiger partial charge is 0.265 e. The van der Waals surface area contributed by atoms with Crippen LogP contribution in [0.1, 0.15) is 6.42 Å². The topological polar surface area (TPSA) is 114 Å². The third kappa shape index (κ3) is 5.52. The van der Waals surface area contributed by atoms with Gasteiger partial charge in [-0.3, -0.25) is 14.3 Å². The monoisotopic (exact) mass is 499 g/mol. The highest BCUT2D eigenvalue weighted by atomic mass is 32.2. The highest BCUT2D eigenvalue weighted by Crippen LogP contribution is 2.32. The van der Waals surface area contributed by atoms with E-state index in [1.807, 2.05) is 0 Å². The molecule has 0 saturated heterocycles. The number of methoxy groups -OCH3 is 1. The Balaban J connectivity index is 1.45. The fraction of sp³-hybridized carbons (Fsp3) is 0.167. The zero-order valence-corrected chi connectivity index (χ0v) is 19.5. The molecule has 1 aliphatic rings. The molecule has 2 N–H and O–H groups in total. The molecule has 0 spiro atoms. The maximum Gasteiger partial charge on any atom is 0.265 e. The van der Waals surface area contributed by atoms with Gasteiger partial charge in [0.15, 0.2) is 6.61 Å². The number of hydrogen-bond acceptors (Lipinski definition) is 6. The van der Waals surface area contributed by atoms with Crippen LogP contribution in [0.5, 0.6) is 11.5 Å². The lowest BCUT2D eigenvalue weighted by atomic mass is 10.2. The molecule has 2 amide bonds. The molecule has 35 heavy (non-hydrogen) atoms. The van der Waals surface area contributed by atoms with Crippen LogP contribution in [0.25, 0.3) is 0 Å². The minimum absolute atomic E-state index is 0.00272. The van der Waals surface area contributed by atoms with Crippen molar-refractivity contribution in [1.82, 2.24) is 0 Å². The van der Waals surface area contributed by atoms with Gasteiger partial charge in [-0.15, -0.1) is 0 Å². The Morgan fingerprint density at radius 3 is 2.60 bits per heavy atom. The first kappa shape index (κ1) is 24.0. The number of halogens is 1. The van der Waals surface area contributed by atoms with Crippen LogP contribution < -0.4 is 24.4 Å².